The van der Waals surface area contributed by atoms with Crippen molar-refractivity contribution in [3.63, 3.8) is 0 Å². The number of halogens is 6. The molecule has 2 rings (SSSR count). The van der Waals surface area contributed by atoms with Crippen molar-refractivity contribution >= 4 is 24.8 Å². The molecule has 0 spiro atoms. The van der Waals surface area contributed by atoms with Gasteiger partial charge in [0.05, 0.1) is 21.8 Å². The van der Waals surface area contributed by atoms with Crippen LogP contribution in [0.5, 0.6) is 0 Å². The summed E-state index contributed by atoms with van der Waals surface area (Å²) in [5, 5.41) is -0.354. The van der Waals surface area contributed by atoms with E-state index in [2.05, 4.69) is 0 Å². The van der Waals surface area contributed by atoms with Gasteiger partial charge in [0, 0.05) is 5.56 Å². The van der Waals surface area contributed by atoms with Crippen LogP contribution < -0.4 is 0 Å². The van der Waals surface area contributed by atoms with E-state index in [9.17, 15) is 22.0 Å². The Hall–Kier alpha value is -1.12. The van der Waals surface area contributed by atoms with Gasteiger partial charge >= 0.3 is 13.3 Å². The van der Waals surface area contributed by atoms with Crippen molar-refractivity contribution < 1.29 is 31.3 Å². The summed E-state index contributed by atoms with van der Waals surface area (Å²) in [6, 6.07) is 1.36. The molecular formula is C15H15BClF5O2. The van der Waals surface area contributed by atoms with E-state index in [0.717, 1.165) is 6.07 Å². The summed E-state index contributed by atoms with van der Waals surface area (Å²) in [4.78, 5) is 0. The summed E-state index contributed by atoms with van der Waals surface area (Å²) in [6.07, 6.45) is -4.35. The summed E-state index contributed by atoms with van der Waals surface area (Å²) in [5.41, 5.74) is -5.01. The molecule has 0 unspecified atom stereocenters. The highest BCUT2D eigenvalue weighted by Gasteiger charge is 2.53. The first kappa shape index (κ1) is 19.2. The second kappa shape index (κ2) is 6.00. The van der Waals surface area contributed by atoms with E-state index < -0.39 is 47.2 Å². The molecule has 1 aromatic rings. The van der Waals surface area contributed by atoms with Crippen LogP contribution in [0.15, 0.2) is 17.9 Å². The van der Waals surface area contributed by atoms with Crippen molar-refractivity contribution in [2.45, 2.75) is 45.1 Å². The fourth-order valence-electron chi connectivity index (χ4n) is 2.08. The second-order valence-electron chi connectivity index (χ2n) is 6.44. The molecule has 132 valence electrons. The molecule has 0 aromatic heterocycles. The summed E-state index contributed by atoms with van der Waals surface area (Å²) >= 11 is 5.71. The fourth-order valence-corrected chi connectivity index (χ4v) is 2.28. The van der Waals surface area contributed by atoms with E-state index in [-0.39, 0.29) is 5.02 Å². The quantitative estimate of drug-likeness (QED) is 0.511. The first-order valence-corrected chi connectivity index (χ1v) is 7.42. The van der Waals surface area contributed by atoms with E-state index in [4.69, 9.17) is 20.9 Å². The average Bonchev–Trinajstić information content (AvgIpc) is 2.61. The number of hydrogen-bond donors (Lipinski definition) is 0. The number of benzene rings is 1. The molecule has 9 heteroatoms. The van der Waals surface area contributed by atoms with Crippen molar-refractivity contribution in [2.24, 2.45) is 0 Å². The largest absolute Gasteiger partial charge is 0.525 e. The third-order valence-corrected chi connectivity index (χ3v) is 4.52. The molecule has 0 N–H and O–H groups in total. The van der Waals surface area contributed by atoms with Gasteiger partial charge in [0.15, 0.2) is 0 Å². The molecule has 1 heterocycles. The van der Waals surface area contributed by atoms with Crippen LogP contribution in [-0.4, -0.2) is 18.3 Å². The lowest BCUT2D eigenvalue weighted by atomic mass is 9.86. The normalized spacial score (nSPS) is 20.6. The monoisotopic (exact) mass is 368 g/mol. The smallest absolute Gasteiger partial charge is 0.398 e. The van der Waals surface area contributed by atoms with Crippen molar-refractivity contribution in [1.82, 2.24) is 0 Å². The van der Waals surface area contributed by atoms with E-state index >= 15 is 0 Å². The van der Waals surface area contributed by atoms with Gasteiger partial charge in [-0.15, -0.1) is 0 Å². The standard InChI is InChI=1S/C15H15BClF5O2/c1-13(2)14(3,4)24-16(23-13)11(18)7-8-10(17)6-5-9(12(8)19)15(20,21)22/h5-7H,1-4H3. The van der Waals surface area contributed by atoms with Gasteiger partial charge in [0.2, 0.25) is 0 Å². The Balaban J connectivity index is 2.42. The second-order valence-corrected chi connectivity index (χ2v) is 6.85. The molecule has 24 heavy (non-hydrogen) atoms. The van der Waals surface area contributed by atoms with Crippen molar-refractivity contribution in [3.05, 3.63) is 39.8 Å². The Labute approximate surface area is 141 Å². The van der Waals surface area contributed by atoms with Gasteiger partial charge < -0.3 is 9.31 Å². The molecule has 0 aliphatic carbocycles. The summed E-state index contributed by atoms with van der Waals surface area (Å²) in [7, 11) is -1.46. The zero-order valence-corrected chi connectivity index (χ0v) is 14.1. The number of rotatable bonds is 2. The van der Waals surface area contributed by atoms with Gasteiger partial charge in [-0.1, -0.05) is 11.6 Å². The third kappa shape index (κ3) is 3.46. The molecule has 1 fully saturated rings. The van der Waals surface area contributed by atoms with Crippen molar-refractivity contribution in [2.75, 3.05) is 0 Å². The number of hydrogen-bond acceptors (Lipinski definition) is 2. The van der Waals surface area contributed by atoms with E-state index in [0.29, 0.717) is 12.1 Å². The van der Waals surface area contributed by atoms with Crippen LogP contribution in [0.25, 0.3) is 6.08 Å². The van der Waals surface area contributed by atoms with Crippen molar-refractivity contribution in [1.29, 1.82) is 0 Å². The van der Waals surface area contributed by atoms with Gasteiger partial charge in [-0.3, -0.25) is 0 Å². The lowest BCUT2D eigenvalue weighted by Crippen LogP contribution is -2.41. The maximum Gasteiger partial charge on any atom is 0.525 e. The van der Waals surface area contributed by atoms with E-state index in [1.165, 1.54) is 0 Å². The zero-order chi connectivity index (χ0) is 18.5. The molecule has 0 atom stereocenters. The molecular weight excluding hydrogens is 353 g/mol. The fraction of sp³-hybridized carbons (Fsp3) is 0.467. The first-order valence-electron chi connectivity index (χ1n) is 7.04. The zero-order valence-electron chi connectivity index (χ0n) is 13.4. The van der Waals surface area contributed by atoms with Crippen LogP contribution in [-0.2, 0) is 15.5 Å². The highest BCUT2D eigenvalue weighted by molar-refractivity contribution is 6.54. The van der Waals surface area contributed by atoms with Crippen LogP contribution in [0.3, 0.4) is 0 Å². The maximum atomic E-state index is 14.4. The lowest BCUT2D eigenvalue weighted by Gasteiger charge is -2.32. The van der Waals surface area contributed by atoms with E-state index in [1.54, 1.807) is 27.7 Å². The highest BCUT2D eigenvalue weighted by atomic mass is 35.5. The molecule has 0 saturated carbocycles. The summed E-state index contributed by atoms with van der Waals surface area (Å²) in [5.74, 6) is -1.65. The topological polar surface area (TPSA) is 18.5 Å². The Morgan fingerprint density at radius 3 is 2.08 bits per heavy atom. The number of alkyl halides is 3. The molecule has 0 amide bonds. The minimum atomic E-state index is -4.92. The molecule has 1 aliphatic heterocycles. The molecule has 1 aromatic carbocycles. The van der Waals surface area contributed by atoms with Gasteiger partial charge in [-0.2, -0.15) is 13.2 Å². The Bertz CT molecular complexity index is 669. The maximum absolute atomic E-state index is 14.4. The van der Waals surface area contributed by atoms with Gasteiger partial charge in [0.25, 0.3) is 0 Å². The third-order valence-electron chi connectivity index (χ3n) is 4.19. The molecule has 1 saturated heterocycles. The highest BCUT2D eigenvalue weighted by Crippen LogP contribution is 2.40. The Morgan fingerprint density at radius 2 is 1.62 bits per heavy atom. The van der Waals surface area contributed by atoms with Gasteiger partial charge in [-0.25, -0.2) is 8.78 Å². The van der Waals surface area contributed by atoms with Gasteiger partial charge in [-0.05, 0) is 45.9 Å². The first-order chi connectivity index (χ1) is 10.8. The predicted octanol–water partition coefficient (Wildman–Crippen LogP) is 5.44. The van der Waals surface area contributed by atoms with Crippen LogP contribution in [0.2, 0.25) is 5.02 Å². The minimum Gasteiger partial charge on any atom is -0.398 e. The van der Waals surface area contributed by atoms with E-state index in [1.807, 2.05) is 0 Å². The average molecular weight is 369 g/mol. The Kier molecular flexibility index (Phi) is 4.80. The summed E-state index contributed by atoms with van der Waals surface area (Å²) in [6.45, 7) is 6.71. The van der Waals surface area contributed by atoms with Crippen LogP contribution in [0.4, 0.5) is 22.0 Å². The lowest BCUT2D eigenvalue weighted by molar-refractivity contribution is -0.140. The molecule has 2 nitrogen and oxygen atoms in total. The van der Waals surface area contributed by atoms with Crippen LogP contribution in [0, 0.1) is 5.82 Å². The molecule has 0 bridgehead atoms. The molecule has 0 radical (unpaired) electrons. The van der Waals surface area contributed by atoms with Crippen LogP contribution >= 0.6 is 11.6 Å². The minimum absolute atomic E-state index is 0.354. The van der Waals surface area contributed by atoms with Gasteiger partial charge in [0.1, 0.15) is 11.5 Å². The molecule has 1 aliphatic rings. The SMILES string of the molecule is CC1(C)OB(C(F)=Cc2c(Cl)ccc(C(F)(F)F)c2F)OC1(C)C. The summed E-state index contributed by atoms with van der Waals surface area (Å²) < 4.78 is 77.6. The Morgan fingerprint density at radius 1 is 1.12 bits per heavy atom. The van der Waals surface area contributed by atoms with Crippen LogP contribution in [0.1, 0.15) is 38.8 Å². The predicted molar refractivity (Wildman–Crippen MR) is 81.6 cm³/mol. The van der Waals surface area contributed by atoms with Crippen molar-refractivity contribution in [3.8, 4) is 0 Å².